The van der Waals surface area contributed by atoms with E-state index < -0.39 is 5.60 Å². The summed E-state index contributed by atoms with van der Waals surface area (Å²) in [5.41, 5.74) is 0.420. The van der Waals surface area contributed by atoms with E-state index in [1.807, 2.05) is 35.4 Å². The van der Waals surface area contributed by atoms with E-state index in [0.717, 1.165) is 12.4 Å². The Bertz CT molecular complexity index is 752. The Hall–Kier alpha value is -2.34. The first-order valence-electron chi connectivity index (χ1n) is 11.1. The summed E-state index contributed by atoms with van der Waals surface area (Å²) in [6, 6.07) is 10.2. The Morgan fingerprint density at radius 3 is 2.50 bits per heavy atom. The van der Waals surface area contributed by atoms with Crippen LogP contribution in [0.5, 0.6) is 0 Å². The van der Waals surface area contributed by atoms with Gasteiger partial charge in [-0.15, -0.1) is 0 Å². The minimum absolute atomic E-state index is 0.178. The summed E-state index contributed by atoms with van der Waals surface area (Å²) < 4.78 is 0. The Morgan fingerprint density at radius 2 is 1.90 bits per heavy atom. The SMILES string of the molecule is CC(C)CNC1=NCN(CC2(O)CCN(C(=O)CC(C)c3ccccc3)CC2)C=C1. The molecule has 6 heteroatoms. The van der Waals surface area contributed by atoms with Crippen LogP contribution in [0, 0.1) is 5.92 Å². The number of nitrogens with one attached hydrogen (secondary N) is 1. The van der Waals surface area contributed by atoms with Gasteiger partial charge in [0.1, 0.15) is 12.5 Å². The van der Waals surface area contributed by atoms with Gasteiger partial charge in [-0.05, 0) is 36.3 Å². The van der Waals surface area contributed by atoms with Crippen LogP contribution in [-0.2, 0) is 4.79 Å². The normalized spacial score (nSPS) is 19.6. The van der Waals surface area contributed by atoms with Gasteiger partial charge in [0.05, 0.1) is 5.60 Å². The molecule has 0 saturated carbocycles. The maximum atomic E-state index is 12.7. The lowest BCUT2D eigenvalue weighted by Crippen LogP contribution is -2.51. The minimum atomic E-state index is -0.773. The molecule has 0 spiro atoms. The molecule has 1 fully saturated rings. The van der Waals surface area contributed by atoms with Gasteiger partial charge in [-0.3, -0.25) is 4.79 Å². The highest BCUT2D eigenvalue weighted by Gasteiger charge is 2.35. The number of rotatable bonds is 7. The van der Waals surface area contributed by atoms with Crippen molar-refractivity contribution in [2.75, 3.05) is 32.8 Å². The highest BCUT2D eigenvalue weighted by Crippen LogP contribution is 2.26. The molecule has 1 saturated heterocycles. The highest BCUT2D eigenvalue weighted by molar-refractivity contribution is 5.93. The number of nitrogens with zero attached hydrogens (tertiary/aromatic N) is 3. The number of likely N-dealkylation sites (tertiary alicyclic amines) is 1. The molecule has 2 heterocycles. The topological polar surface area (TPSA) is 68.2 Å². The van der Waals surface area contributed by atoms with Crippen LogP contribution in [0.3, 0.4) is 0 Å². The smallest absolute Gasteiger partial charge is 0.223 e. The van der Waals surface area contributed by atoms with Crippen LogP contribution >= 0.6 is 0 Å². The van der Waals surface area contributed by atoms with Crippen molar-refractivity contribution in [3.8, 4) is 0 Å². The quantitative estimate of drug-likeness (QED) is 0.723. The van der Waals surface area contributed by atoms with Crippen molar-refractivity contribution in [1.82, 2.24) is 15.1 Å². The average molecular weight is 413 g/mol. The van der Waals surface area contributed by atoms with Gasteiger partial charge in [0.2, 0.25) is 5.91 Å². The molecule has 2 aliphatic rings. The number of aliphatic imine (C=N–C) groups is 1. The molecule has 6 nitrogen and oxygen atoms in total. The van der Waals surface area contributed by atoms with E-state index in [1.54, 1.807) is 0 Å². The largest absolute Gasteiger partial charge is 0.388 e. The number of amidine groups is 1. The molecule has 164 valence electrons. The van der Waals surface area contributed by atoms with Crippen LogP contribution in [0.25, 0.3) is 0 Å². The number of hydrogen-bond donors (Lipinski definition) is 2. The summed E-state index contributed by atoms with van der Waals surface area (Å²) >= 11 is 0. The van der Waals surface area contributed by atoms with Crippen molar-refractivity contribution in [3.05, 3.63) is 48.2 Å². The second kappa shape index (κ2) is 10.1. The molecule has 30 heavy (non-hydrogen) atoms. The van der Waals surface area contributed by atoms with Crippen molar-refractivity contribution >= 4 is 11.7 Å². The third kappa shape index (κ3) is 6.33. The predicted molar refractivity (Wildman–Crippen MR) is 121 cm³/mol. The summed E-state index contributed by atoms with van der Waals surface area (Å²) in [6.45, 7) is 9.66. The van der Waals surface area contributed by atoms with Gasteiger partial charge in [-0.2, -0.15) is 0 Å². The Kier molecular flexibility index (Phi) is 7.53. The summed E-state index contributed by atoms with van der Waals surface area (Å²) in [4.78, 5) is 21.2. The molecular weight excluding hydrogens is 376 g/mol. The van der Waals surface area contributed by atoms with E-state index in [9.17, 15) is 9.90 Å². The van der Waals surface area contributed by atoms with Crippen molar-refractivity contribution in [2.24, 2.45) is 10.9 Å². The van der Waals surface area contributed by atoms with Crippen LogP contribution in [0.15, 0.2) is 47.6 Å². The first-order valence-corrected chi connectivity index (χ1v) is 11.1. The Morgan fingerprint density at radius 1 is 1.20 bits per heavy atom. The molecule has 0 radical (unpaired) electrons. The summed E-state index contributed by atoms with van der Waals surface area (Å²) in [7, 11) is 0. The number of amides is 1. The second-order valence-electron chi connectivity index (χ2n) is 9.14. The Balaban J connectivity index is 1.43. The molecule has 1 amide bonds. The first kappa shape index (κ1) is 22.3. The number of aliphatic hydroxyl groups is 1. The highest BCUT2D eigenvalue weighted by atomic mass is 16.3. The number of β-amino-alcohol motifs (C(OH)–C–C–N with tert-alkyl or cyclic N) is 1. The fourth-order valence-electron chi connectivity index (χ4n) is 3.97. The Labute approximate surface area is 180 Å². The third-order valence-electron chi connectivity index (χ3n) is 5.95. The van der Waals surface area contributed by atoms with Crippen molar-refractivity contribution in [2.45, 2.75) is 51.6 Å². The van der Waals surface area contributed by atoms with Gasteiger partial charge in [-0.25, -0.2) is 4.99 Å². The minimum Gasteiger partial charge on any atom is -0.388 e. The zero-order valence-corrected chi connectivity index (χ0v) is 18.6. The van der Waals surface area contributed by atoms with Gasteiger partial charge in [0.15, 0.2) is 0 Å². The van der Waals surface area contributed by atoms with Gasteiger partial charge >= 0.3 is 0 Å². The molecule has 1 aromatic rings. The number of piperidine rings is 1. The zero-order valence-electron chi connectivity index (χ0n) is 18.6. The lowest BCUT2D eigenvalue weighted by molar-refractivity contribution is -0.136. The fourth-order valence-corrected chi connectivity index (χ4v) is 3.97. The van der Waals surface area contributed by atoms with Crippen LogP contribution < -0.4 is 5.32 Å². The predicted octanol–water partition coefficient (Wildman–Crippen LogP) is 2.96. The summed E-state index contributed by atoms with van der Waals surface area (Å²) in [5, 5.41) is 14.4. The van der Waals surface area contributed by atoms with Crippen LogP contribution in [0.4, 0.5) is 0 Å². The summed E-state index contributed by atoms with van der Waals surface area (Å²) in [6.07, 6.45) is 5.69. The molecular formula is C24H36N4O2. The molecule has 1 unspecified atom stereocenters. The van der Waals surface area contributed by atoms with Crippen molar-refractivity contribution in [3.63, 3.8) is 0 Å². The molecule has 1 atom stereocenters. The molecule has 0 aromatic heterocycles. The van der Waals surface area contributed by atoms with E-state index in [2.05, 4.69) is 48.1 Å². The van der Waals surface area contributed by atoms with Crippen LogP contribution in [-0.4, -0.2) is 65.1 Å². The number of hydrogen-bond acceptors (Lipinski definition) is 5. The maximum absolute atomic E-state index is 12.7. The van der Waals surface area contributed by atoms with Crippen molar-refractivity contribution < 1.29 is 9.90 Å². The first-order chi connectivity index (χ1) is 14.3. The van der Waals surface area contributed by atoms with Gasteiger partial charge in [0.25, 0.3) is 0 Å². The van der Waals surface area contributed by atoms with Crippen LogP contribution in [0.2, 0.25) is 0 Å². The standard InChI is InChI=1S/C24H36N4O2/c1-19(2)16-25-22-9-12-27(18-26-22)17-24(30)10-13-28(14-11-24)23(29)15-20(3)21-7-5-4-6-8-21/h4-9,12,19-20,30H,10-11,13-18H2,1-3H3,(H,25,26). The molecule has 2 aliphatic heterocycles. The number of benzene rings is 1. The van der Waals surface area contributed by atoms with Gasteiger partial charge in [0, 0.05) is 38.8 Å². The second-order valence-corrected chi connectivity index (χ2v) is 9.14. The van der Waals surface area contributed by atoms with Crippen molar-refractivity contribution in [1.29, 1.82) is 0 Å². The van der Waals surface area contributed by atoms with E-state index in [4.69, 9.17) is 0 Å². The molecule has 3 rings (SSSR count). The van der Waals surface area contributed by atoms with Crippen LogP contribution in [0.1, 0.15) is 51.5 Å². The van der Waals surface area contributed by atoms with E-state index in [1.165, 1.54) is 5.56 Å². The third-order valence-corrected chi connectivity index (χ3v) is 5.95. The molecule has 1 aromatic carbocycles. The average Bonchev–Trinajstić information content (AvgIpc) is 2.74. The maximum Gasteiger partial charge on any atom is 0.223 e. The molecule has 0 bridgehead atoms. The number of carbonyl (C=O) groups excluding carboxylic acids is 1. The van der Waals surface area contributed by atoms with E-state index >= 15 is 0 Å². The molecule has 0 aliphatic carbocycles. The van der Waals surface area contributed by atoms with E-state index in [-0.39, 0.29) is 11.8 Å². The summed E-state index contributed by atoms with van der Waals surface area (Å²) in [5.74, 6) is 1.86. The molecule has 2 N–H and O–H groups in total. The fraction of sp³-hybridized carbons (Fsp3) is 0.583. The monoisotopic (exact) mass is 412 g/mol. The van der Waals surface area contributed by atoms with Gasteiger partial charge < -0.3 is 20.2 Å². The number of carbonyl (C=O) groups is 1. The lowest BCUT2D eigenvalue weighted by Gasteiger charge is -2.41. The lowest BCUT2D eigenvalue weighted by atomic mass is 9.90. The van der Waals surface area contributed by atoms with E-state index in [0.29, 0.717) is 51.5 Å². The zero-order chi connectivity index (χ0) is 21.6. The van der Waals surface area contributed by atoms with Gasteiger partial charge in [-0.1, -0.05) is 51.1 Å².